The van der Waals surface area contributed by atoms with Crippen LogP contribution in [0.5, 0.6) is 0 Å². The SMILES string of the molecule is C=CC(=O)/C=C1/CCC2=C(CC[C@]3(C)C(=O)CC[C@@H]23)N1.C=CC(=O)/C=C1/CCC2C(=CC[C@]3(C)C(=O)CC[C@@H]23)N1. The molecular formula is C34H42N2O4. The number of hydrogen-bond donors (Lipinski definition) is 2. The van der Waals surface area contributed by atoms with Crippen LogP contribution in [0.3, 0.4) is 0 Å². The smallest absolute Gasteiger partial charge is 0.179 e. The van der Waals surface area contributed by atoms with E-state index in [4.69, 9.17) is 0 Å². The number of hydrogen-bond acceptors (Lipinski definition) is 6. The number of carbonyl (C=O) groups excluding carboxylic acids is 4. The molecule has 1 unspecified atom stereocenters. The molecule has 6 heteroatoms. The van der Waals surface area contributed by atoms with Gasteiger partial charge in [0.25, 0.3) is 0 Å². The van der Waals surface area contributed by atoms with Crippen molar-refractivity contribution >= 4 is 23.1 Å². The molecule has 212 valence electrons. The second-order valence-electron chi connectivity index (χ2n) is 12.7. The molecule has 0 amide bonds. The van der Waals surface area contributed by atoms with E-state index in [0.29, 0.717) is 29.3 Å². The molecule has 1 saturated heterocycles. The molecule has 0 aromatic carbocycles. The largest absolute Gasteiger partial charge is 0.362 e. The van der Waals surface area contributed by atoms with E-state index in [1.807, 2.05) is 0 Å². The Labute approximate surface area is 237 Å². The molecule has 0 spiro atoms. The minimum absolute atomic E-state index is 0.0479. The second-order valence-corrected chi connectivity index (χ2v) is 12.7. The van der Waals surface area contributed by atoms with Gasteiger partial charge in [0.2, 0.25) is 0 Å². The van der Waals surface area contributed by atoms with Crippen molar-refractivity contribution in [2.75, 3.05) is 0 Å². The van der Waals surface area contributed by atoms with Gasteiger partial charge in [0.1, 0.15) is 11.6 Å². The van der Waals surface area contributed by atoms with E-state index in [2.05, 4.69) is 43.7 Å². The molecule has 2 N–H and O–H groups in total. The van der Waals surface area contributed by atoms with Crippen molar-refractivity contribution in [3.63, 3.8) is 0 Å². The molecule has 0 aromatic heterocycles. The van der Waals surface area contributed by atoms with Crippen molar-refractivity contribution in [1.82, 2.24) is 10.6 Å². The van der Waals surface area contributed by atoms with Gasteiger partial charge in [-0.1, -0.05) is 33.1 Å². The Balaban J connectivity index is 0.000000161. The standard InChI is InChI=1S/2C17H21NO2/c2*1-3-12(19)10-11-4-5-13-14-6-7-16(20)17(14,2)9-8-15(13)18-11/h3,10,14,18H,1,4-9H2,2H3;3,8,10,13-14,18H,1,4-7,9H2,2H3/b2*11-10-/t14-,17-;13?,14-,17-/m00/s1. The Bertz CT molecular complexity index is 1290. The molecule has 2 aliphatic heterocycles. The van der Waals surface area contributed by atoms with Gasteiger partial charge in [0, 0.05) is 64.5 Å². The first-order valence-electron chi connectivity index (χ1n) is 14.9. The zero-order valence-corrected chi connectivity index (χ0v) is 23.9. The molecule has 5 atom stereocenters. The van der Waals surface area contributed by atoms with E-state index in [-0.39, 0.29) is 22.4 Å². The molecule has 2 heterocycles. The van der Waals surface area contributed by atoms with Gasteiger partial charge in [0.05, 0.1) is 0 Å². The summed E-state index contributed by atoms with van der Waals surface area (Å²) in [6.45, 7) is 11.3. The summed E-state index contributed by atoms with van der Waals surface area (Å²) < 4.78 is 0. The lowest BCUT2D eigenvalue weighted by atomic mass is 9.64. The number of piperidine rings is 1. The highest BCUT2D eigenvalue weighted by Crippen LogP contribution is 2.55. The van der Waals surface area contributed by atoms with Crippen molar-refractivity contribution < 1.29 is 19.2 Å². The minimum atomic E-state index is -0.145. The van der Waals surface area contributed by atoms with Crippen LogP contribution in [0, 0.1) is 28.6 Å². The number of allylic oxidation sites excluding steroid dienone is 10. The second kappa shape index (κ2) is 10.9. The summed E-state index contributed by atoms with van der Waals surface area (Å²) in [5, 5.41) is 6.83. The molecule has 3 fully saturated rings. The Morgan fingerprint density at radius 1 is 0.825 bits per heavy atom. The van der Waals surface area contributed by atoms with Gasteiger partial charge in [-0.25, -0.2) is 0 Å². The normalized spacial score (nSPS) is 36.1. The van der Waals surface area contributed by atoms with Crippen LogP contribution in [0.4, 0.5) is 0 Å². The monoisotopic (exact) mass is 542 g/mol. The lowest BCUT2D eigenvalue weighted by molar-refractivity contribution is -0.127. The van der Waals surface area contributed by atoms with Crippen molar-refractivity contribution in [3.05, 3.63) is 71.9 Å². The molecule has 40 heavy (non-hydrogen) atoms. The van der Waals surface area contributed by atoms with Crippen LogP contribution < -0.4 is 10.6 Å². The highest BCUT2D eigenvalue weighted by molar-refractivity contribution is 5.99. The number of ketones is 4. The summed E-state index contributed by atoms with van der Waals surface area (Å²) >= 11 is 0. The lowest BCUT2D eigenvalue weighted by Crippen LogP contribution is -2.42. The average Bonchev–Trinajstić information content (AvgIpc) is 3.43. The molecule has 6 nitrogen and oxygen atoms in total. The van der Waals surface area contributed by atoms with Gasteiger partial charge in [-0.3, -0.25) is 19.2 Å². The molecule has 6 aliphatic rings. The van der Waals surface area contributed by atoms with Crippen molar-refractivity contribution in [2.45, 2.75) is 84.5 Å². The van der Waals surface area contributed by atoms with E-state index in [9.17, 15) is 19.2 Å². The predicted molar refractivity (Wildman–Crippen MR) is 155 cm³/mol. The van der Waals surface area contributed by atoms with Gasteiger partial charge in [-0.2, -0.15) is 0 Å². The van der Waals surface area contributed by atoms with Crippen LogP contribution in [0.25, 0.3) is 0 Å². The first kappa shape index (κ1) is 28.3. The van der Waals surface area contributed by atoms with Crippen molar-refractivity contribution in [3.8, 4) is 0 Å². The molecule has 0 radical (unpaired) electrons. The van der Waals surface area contributed by atoms with Gasteiger partial charge in [-0.15, -0.1) is 0 Å². The van der Waals surface area contributed by atoms with Gasteiger partial charge >= 0.3 is 0 Å². The number of fused-ring (bicyclic) bond motifs is 5. The maximum absolute atomic E-state index is 12.1. The quantitative estimate of drug-likeness (QED) is 0.427. The van der Waals surface area contributed by atoms with E-state index in [1.165, 1.54) is 29.1 Å². The Morgan fingerprint density at radius 2 is 1.48 bits per heavy atom. The van der Waals surface area contributed by atoms with Gasteiger partial charge in [-0.05, 0) is 87.3 Å². The zero-order chi connectivity index (χ0) is 28.7. The van der Waals surface area contributed by atoms with Gasteiger partial charge < -0.3 is 10.6 Å². The third-order valence-corrected chi connectivity index (χ3v) is 10.6. The summed E-state index contributed by atoms with van der Waals surface area (Å²) in [7, 11) is 0. The lowest BCUT2D eigenvalue weighted by Gasteiger charge is -2.43. The number of Topliss-reactive ketones (excluding diaryl/α,β-unsaturated/α-hetero) is 2. The Morgan fingerprint density at radius 3 is 2.17 bits per heavy atom. The third kappa shape index (κ3) is 5.02. The average molecular weight is 543 g/mol. The molecule has 2 saturated carbocycles. The number of nitrogens with one attached hydrogen (secondary N) is 2. The molecular weight excluding hydrogens is 500 g/mol. The fourth-order valence-corrected chi connectivity index (χ4v) is 8.13. The maximum Gasteiger partial charge on any atom is 0.179 e. The summed E-state index contributed by atoms with van der Waals surface area (Å²) in [5.41, 5.74) is 5.61. The van der Waals surface area contributed by atoms with Crippen LogP contribution in [-0.2, 0) is 19.2 Å². The van der Waals surface area contributed by atoms with E-state index in [0.717, 1.165) is 82.0 Å². The fraction of sp³-hybridized carbons (Fsp3) is 0.529. The van der Waals surface area contributed by atoms with E-state index >= 15 is 0 Å². The van der Waals surface area contributed by atoms with Crippen LogP contribution in [0.15, 0.2) is 71.9 Å². The number of rotatable bonds is 4. The summed E-state index contributed by atoms with van der Waals surface area (Å²) in [6, 6.07) is 0. The molecule has 0 bridgehead atoms. The molecule has 0 aromatic rings. The third-order valence-electron chi connectivity index (χ3n) is 10.6. The highest BCUT2D eigenvalue weighted by atomic mass is 16.1. The predicted octanol–water partition coefficient (Wildman–Crippen LogP) is 5.94. The zero-order valence-electron chi connectivity index (χ0n) is 23.9. The minimum Gasteiger partial charge on any atom is -0.362 e. The van der Waals surface area contributed by atoms with Crippen LogP contribution in [-0.4, -0.2) is 23.1 Å². The van der Waals surface area contributed by atoms with E-state index < -0.39 is 0 Å². The first-order chi connectivity index (χ1) is 19.1. The van der Waals surface area contributed by atoms with Crippen molar-refractivity contribution in [1.29, 1.82) is 0 Å². The fourth-order valence-electron chi connectivity index (χ4n) is 8.13. The molecule has 6 rings (SSSR count). The Hall–Kier alpha value is -3.28. The molecule has 4 aliphatic carbocycles. The van der Waals surface area contributed by atoms with Crippen LogP contribution in [0.1, 0.15) is 84.5 Å². The summed E-state index contributed by atoms with van der Waals surface area (Å²) in [5.74, 6) is 2.12. The highest BCUT2D eigenvalue weighted by Gasteiger charge is 2.52. The number of carbonyl (C=O) groups is 4. The van der Waals surface area contributed by atoms with Gasteiger partial charge in [0.15, 0.2) is 11.6 Å². The summed E-state index contributed by atoms with van der Waals surface area (Å²) in [4.78, 5) is 47.1. The van der Waals surface area contributed by atoms with Crippen LogP contribution >= 0.6 is 0 Å². The Kier molecular flexibility index (Phi) is 7.73. The van der Waals surface area contributed by atoms with Crippen LogP contribution in [0.2, 0.25) is 0 Å². The van der Waals surface area contributed by atoms with E-state index in [1.54, 1.807) is 12.2 Å². The van der Waals surface area contributed by atoms with Crippen molar-refractivity contribution in [2.24, 2.45) is 28.6 Å². The topological polar surface area (TPSA) is 92.3 Å². The maximum atomic E-state index is 12.1. The first-order valence-corrected chi connectivity index (χ1v) is 14.9. The summed E-state index contributed by atoms with van der Waals surface area (Å²) in [6.07, 6.45) is 18.1.